The van der Waals surface area contributed by atoms with Crippen LogP contribution in [0.4, 0.5) is 0 Å². The van der Waals surface area contributed by atoms with Gasteiger partial charge >= 0.3 is 0 Å². The van der Waals surface area contributed by atoms with Crippen LogP contribution in [0.1, 0.15) is 31.4 Å². The lowest BCUT2D eigenvalue weighted by Gasteiger charge is -2.35. The molecule has 1 aliphatic heterocycles. The Hall–Kier alpha value is -1.26. The number of rotatable bonds is 2. The normalized spacial score (nSPS) is 20.4. The van der Waals surface area contributed by atoms with Gasteiger partial charge in [0.25, 0.3) is 0 Å². The molecule has 0 aliphatic carbocycles. The molecule has 1 aromatic carbocycles. The van der Waals surface area contributed by atoms with E-state index < -0.39 is 0 Å². The van der Waals surface area contributed by atoms with E-state index in [1.54, 1.807) is 18.2 Å². The summed E-state index contributed by atoms with van der Waals surface area (Å²) in [5.41, 5.74) is 6.48. The van der Waals surface area contributed by atoms with Gasteiger partial charge in [0.1, 0.15) is 11.5 Å². The maximum absolute atomic E-state index is 9.83. The van der Waals surface area contributed by atoms with Gasteiger partial charge in [-0.1, -0.05) is 6.07 Å². The Labute approximate surface area is 102 Å². The quantitative estimate of drug-likeness (QED) is 0.729. The smallest absolute Gasteiger partial charge is 0.124 e. The van der Waals surface area contributed by atoms with E-state index in [9.17, 15) is 10.2 Å². The molecule has 1 unspecified atom stereocenters. The maximum Gasteiger partial charge on any atom is 0.124 e. The number of hydrogen-bond acceptors (Lipinski definition) is 4. The van der Waals surface area contributed by atoms with Crippen molar-refractivity contribution in [1.29, 1.82) is 0 Å². The number of nitrogens with zero attached hydrogens (tertiary/aromatic N) is 1. The fourth-order valence-corrected chi connectivity index (χ4v) is 2.46. The van der Waals surface area contributed by atoms with E-state index in [1.165, 1.54) is 0 Å². The van der Waals surface area contributed by atoms with Gasteiger partial charge in [-0.15, -0.1) is 0 Å². The average molecular weight is 236 g/mol. The number of nitrogens with two attached hydrogens (primary N) is 1. The molecule has 1 aliphatic rings. The molecule has 0 radical (unpaired) electrons. The Bertz CT molecular complexity index is 367. The first-order chi connectivity index (χ1) is 8.09. The van der Waals surface area contributed by atoms with E-state index in [0.29, 0.717) is 5.56 Å². The fourth-order valence-electron chi connectivity index (χ4n) is 2.46. The first-order valence-corrected chi connectivity index (χ1v) is 6.10. The van der Waals surface area contributed by atoms with Crippen LogP contribution in [0.3, 0.4) is 0 Å². The van der Waals surface area contributed by atoms with Crippen molar-refractivity contribution in [1.82, 2.24) is 4.90 Å². The number of hydrogen-bond donors (Lipinski definition) is 3. The van der Waals surface area contributed by atoms with Gasteiger partial charge in [-0.2, -0.15) is 0 Å². The highest BCUT2D eigenvalue weighted by Gasteiger charge is 2.25. The second kappa shape index (κ2) is 4.94. The standard InChI is InChI=1S/C13H20N2O2/c1-9(15-7-5-10(14)6-8-15)13-11(16)3-2-4-12(13)17/h2-4,9-10,16-17H,5-8,14H2,1H3. The van der Waals surface area contributed by atoms with Crippen LogP contribution in [0.15, 0.2) is 18.2 Å². The monoisotopic (exact) mass is 236 g/mol. The summed E-state index contributed by atoms with van der Waals surface area (Å²) in [6.45, 7) is 3.83. The number of likely N-dealkylation sites (tertiary alicyclic amines) is 1. The summed E-state index contributed by atoms with van der Waals surface area (Å²) in [6, 6.07) is 5.18. The molecule has 0 amide bonds. The molecule has 1 heterocycles. The number of aromatic hydroxyl groups is 2. The summed E-state index contributed by atoms with van der Waals surface area (Å²) in [5.74, 6) is 0.319. The van der Waals surface area contributed by atoms with E-state index in [1.807, 2.05) is 6.92 Å². The molecule has 1 aromatic rings. The van der Waals surface area contributed by atoms with Gasteiger partial charge < -0.3 is 15.9 Å². The highest BCUT2D eigenvalue weighted by molar-refractivity contribution is 5.45. The minimum Gasteiger partial charge on any atom is -0.507 e. The predicted octanol–water partition coefficient (Wildman–Crippen LogP) is 1.58. The third kappa shape index (κ3) is 2.53. The first-order valence-electron chi connectivity index (χ1n) is 6.10. The molecular formula is C13H20N2O2. The maximum atomic E-state index is 9.83. The molecule has 0 spiro atoms. The number of phenols is 2. The molecule has 0 bridgehead atoms. The lowest BCUT2D eigenvalue weighted by atomic mass is 9.99. The van der Waals surface area contributed by atoms with Crippen molar-refractivity contribution in [2.24, 2.45) is 5.73 Å². The Kier molecular flexibility index (Phi) is 3.54. The van der Waals surface area contributed by atoms with Gasteiger partial charge in [0, 0.05) is 25.2 Å². The number of benzene rings is 1. The zero-order chi connectivity index (χ0) is 12.4. The van der Waals surface area contributed by atoms with E-state index in [2.05, 4.69) is 4.90 Å². The van der Waals surface area contributed by atoms with Gasteiger partial charge in [0.15, 0.2) is 0 Å². The SMILES string of the molecule is CC(c1c(O)cccc1O)N1CCC(N)CC1. The summed E-state index contributed by atoms with van der Waals surface area (Å²) >= 11 is 0. The van der Waals surface area contributed by atoms with Gasteiger partial charge in [-0.05, 0) is 31.9 Å². The van der Waals surface area contributed by atoms with E-state index in [4.69, 9.17) is 5.73 Å². The van der Waals surface area contributed by atoms with Crippen LogP contribution in [-0.4, -0.2) is 34.2 Å². The molecule has 4 nitrogen and oxygen atoms in total. The van der Waals surface area contributed by atoms with E-state index in [0.717, 1.165) is 25.9 Å². The highest BCUT2D eigenvalue weighted by Crippen LogP contribution is 2.36. The lowest BCUT2D eigenvalue weighted by molar-refractivity contribution is 0.159. The minimum absolute atomic E-state index is 0.0173. The summed E-state index contributed by atoms with van der Waals surface area (Å²) in [5, 5.41) is 19.7. The molecule has 1 atom stereocenters. The molecule has 4 heteroatoms. The Balaban J connectivity index is 2.16. The summed E-state index contributed by atoms with van der Waals surface area (Å²) in [6.07, 6.45) is 1.94. The van der Waals surface area contributed by atoms with Crippen molar-refractivity contribution in [2.45, 2.75) is 31.8 Å². The highest BCUT2D eigenvalue weighted by atomic mass is 16.3. The molecule has 0 saturated carbocycles. The Morgan fingerprint density at radius 2 is 1.76 bits per heavy atom. The zero-order valence-corrected chi connectivity index (χ0v) is 10.1. The largest absolute Gasteiger partial charge is 0.507 e. The van der Waals surface area contributed by atoms with Crippen molar-refractivity contribution < 1.29 is 10.2 Å². The minimum atomic E-state index is 0.0173. The third-order valence-electron chi connectivity index (χ3n) is 3.60. The lowest BCUT2D eigenvalue weighted by Crippen LogP contribution is -2.40. The molecule has 2 rings (SSSR count). The predicted molar refractivity (Wildman–Crippen MR) is 67.0 cm³/mol. The van der Waals surface area contributed by atoms with Crippen LogP contribution in [0.2, 0.25) is 0 Å². The van der Waals surface area contributed by atoms with Gasteiger partial charge in [0.05, 0.1) is 5.56 Å². The van der Waals surface area contributed by atoms with E-state index in [-0.39, 0.29) is 23.6 Å². The molecule has 0 aromatic heterocycles. The van der Waals surface area contributed by atoms with Crippen LogP contribution in [0.5, 0.6) is 11.5 Å². The van der Waals surface area contributed by atoms with Crippen LogP contribution >= 0.6 is 0 Å². The topological polar surface area (TPSA) is 69.7 Å². The molecule has 1 fully saturated rings. The molecule has 94 valence electrons. The van der Waals surface area contributed by atoms with Crippen molar-refractivity contribution in [3.8, 4) is 11.5 Å². The third-order valence-corrected chi connectivity index (χ3v) is 3.60. The number of piperidine rings is 1. The zero-order valence-electron chi connectivity index (χ0n) is 10.1. The van der Waals surface area contributed by atoms with Crippen LogP contribution in [-0.2, 0) is 0 Å². The van der Waals surface area contributed by atoms with Gasteiger partial charge in [-0.25, -0.2) is 0 Å². The van der Waals surface area contributed by atoms with Crippen molar-refractivity contribution >= 4 is 0 Å². The number of phenolic OH excluding ortho intramolecular Hbond substituents is 2. The van der Waals surface area contributed by atoms with E-state index >= 15 is 0 Å². The van der Waals surface area contributed by atoms with Crippen molar-refractivity contribution in [3.63, 3.8) is 0 Å². The fraction of sp³-hybridized carbons (Fsp3) is 0.538. The van der Waals surface area contributed by atoms with Gasteiger partial charge in [-0.3, -0.25) is 4.90 Å². The summed E-state index contributed by atoms with van der Waals surface area (Å²) in [4.78, 5) is 2.25. The first kappa shape index (κ1) is 12.2. The molecule has 4 N–H and O–H groups in total. The van der Waals surface area contributed by atoms with Crippen LogP contribution in [0, 0.1) is 0 Å². The average Bonchev–Trinajstić information content (AvgIpc) is 2.29. The second-order valence-electron chi connectivity index (χ2n) is 4.76. The van der Waals surface area contributed by atoms with Crippen molar-refractivity contribution in [2.75, 3.05) is 13.1 Å². The Morgan fingerprint density at radius 1 is 1.24 bits per heavy atom. The summed E-state index contributed by atoms with van der Waals surface area (Å²) in [7, 11) is 0. The van der Waals surface area contributed by atoms with Crippen LogP contribution in [0.25, 0.3) is 0 Å². The molecule has 1 saturated heterocycles. The van der Waals surface area contributed by atoms with Gasteiger partial charge in [0.2, 0.25) is 0 Å². The van der Waals surface area contributed by atoms with Crippen molar-refractivity contribution in [3.05, 3.63) is 23.8 Å². The molecule has 17 heavy (non-hydrogen) atoms. The Morgan fingerprint density at radius 3 is 2.29 bits per heavy atom. The second-order valence-corrected chi connectivity index (χ2v) is 4.76. The summed E-state index contributed by atoms with van der Waals surface area (Å²) < 4.78 is 0. The molecular weight excluding hydrogens is 216 g/mol. The van der Waals surface area contributed by atoms with Crippen LogP contribution < -0.4 is 5.73 Å².